The molecule has 5 nitrogen and oxygen atoms in total. The molecule has 0 amide bonds. The third-order valence-electron chi connectivity index (χ3n) is 3.75. The molecule has 0 aromatic heterocycles. The van der Waals surface area contributed by atoms with Crippen molar-refractivity contribution in [2.24, 2.45) is 5.92 Å². The predicted molar refractivity (Wildman–Crippen MR) is 82.1 cm³/mol. The highest BCUT2D eigenvalue weighted by molar-refractivity contribution is 5.13. The van der Waals surface area contributed by atoms with Gasteiger partial charge in [0.15, 0.2) is 12.6 Å². The second-order valence-electron chi connectivity index (χ2n) is 5.41. The topological polar surface area (TPSA) is 57.2 Å². The SMILES string of the molecule is CCOC(C)O[C@@H](COCc1ccccc1)[C@@H]1CCOC1O. The molecule has 0 aliphatic carbocycles. The van der Waals surface area contributed by atoms with E-state index in [2.05, 4.69) is 0 Å². The number of ether oxygens (including phenoxy) is 4. The molecule has 1 aliphatic rings. The molecule has 2 rings (SSSR count). The van der Waals surface area contributed by atoms with E-state index in [9.17, 15) is 5.11 Å². The van der Waals surface area contributed by atoms with Crippen molar-refractivity contribution in [2.75, 3.05) is 19.8 Å². The Morgan fingerprint density at radius 1 is 1.32 bits per heavy atom. The number of aliphatic hydroxyl groups excluding tert-OH is 1. The Balaban J connectivity index is 1.86. The Morgan fingerprint density at radius 3 is 2.73 bits per heavy atom. The highest BCUT2D eigenvalue weighted by Crippen LogP contribution is 2.26. The van der Waals surface area contributed by atoms with E-state index in [-0.39, 0.29) is 18.3 Å². The second-order valence-corrected chi connectivity index (χ2v) is 5.41. The summed E-state index contributed by atoms with van der Waals surface area (Å²) in [5.41, 5.74) is 1.11. The fourth-order valence-corrected chi connectivity index (χ4v) is 2.61. The molecule has 1 saturated heterocycles. The molecule has 1 N–H and O–H groups in total. The lowest BCUT2D eigenvalue weighted by atomic mass is 10.0. The van der Waals surface area contributed by atoms with E-state index in [1.54, 1.807) is 0 Å². The fourth-order valence-electron chi connectivity index (χ4n) is 2.61. The number of benzene rings is 1. The van der Waals surface area contributed by atoms with E-state index in [1.165, 1.54) is 0 Å². The highest BCUT2D eigenvalue weighted by atomic mass is 16.7. The summed E-state index contributed by atoms with van der Waals surface area (Å²) in [6.07, 6.45) is -0.607. The lowest BCUT2D eigenvalue weighted by Crippen LogP contribution is -2.37. The molecule has 124 valence electrons. The van der Waals surface area contributed by atoms with Gasteiger partial charge in [-0.1, -0.05) is 30.3 Å². The third-order valence-corrected chi connectivity index (χ3v) is 3.75. The zero-order chi connectivity index (χ0) is 15.8. The van der Waals surface area contributed by atoms with Crippen molar-refractivity contribution in [3.63, 3.8) is 0 Å². The van der Waals surface area contributed by atoms with E-state index < -0.39 is 6.29 Å². The van der Waals surface area contributed by atoms with Crippen LogP contribution in [0, 0.1) is 5.92 Å². The van der Waals surface area contributed by atoms with Gasteiger partial charge in [0.25, 0.3) is 0 Å². The van der Waals surface area contributed by atoms with Crippen LogP contribution in [0.5, 0.6) is 0 Å². The van der Waals surface area contributed by atoms with Crippen molar-refractivity contribution in [1.29, 1.82) is 0 Å². The van der Waals surface area contributed by atoms with E-state index in [4.69, 9.17) is 18.9 Å². The molecule has 0 saturated carbocycles. The standard InChI is InChI=1S/C17H26O5/c1-3-20-13(2)22-16(15-9-10-21-17(15)18)12-19-11-14-7-5-4-6-8-14/h4-8,13,15-18H,3,9-12H2,1-2H3/t13?,15-,16-,17?/m0/s1. The van der Waals surface area contributed by atoms with Crippen LogP contribution < -0.4 is 0 Å². The van der Waals surface area contributed by atoms with Gasteiger partial charge in [-0.3, -0.25) is 0 Å². The maximum atomic E-state index is 9.92. The maximum Gasteiger partial charge on any atom is 0.159 e. The Labute approximate surface area is 132 Å². The van der Waals surface area contributed by atoms with Crippen molar-refractivity contribution in [2.45, 2.75) is 45.6 Å². The molecule has 22 heavy (non-hydrogen) atoms. The van der Waals surface area contributed by atoms with Crippen LogP contribution in [0.25, 0.3) is 0 Å². The molecule has 1 aromatic rings. The average Bonchev–Trinajstić information content (AvgIpc) is 2.94. The average molecular weight is 310 g/mol. The van der Waals surface area contributed by atoms with E-state index >= 15 is 0 Å². The van der Waals surface area contributed by atoms with Gasteiger partial charge >= 0.3 is 0 Å². The Kier molecular flexibility index (Phi) is 7.29. The Hall–Kier alpha value is -0.980. The van der Waals surface area contributed by atoms with Gasteiger partial charge in [0, 0.05) is 12.5 Å². The summed E-state index contributed by atoms with van der Waals surface area (Å²) in [6.45, 7) is 5.84. The quantitative estimate of drug-likeness (QED) is 0.709. The summed E-state index contributed by atoms with van der Waals surface area (Å²) < 4.78 is 22.3. The molecule has 1 aliphatic heterocycles. The molecule has 0 radical (unpaired) electrons. The molecule has 5 heteroatoms. The van der Waals surface area contributed by atoms with Crippen molar-refractivity contribution >= 4 is 0 Å². The minimum Gasteiger partial charge on any atom is -0.374 e. The minimum absolute atomic E-state index is 0.0846. The van der Waals surface area contributed by atoms with Gasteiger partial charge in [0.1, 0.15) is 0 Å². The molecule has 1 fully saturated rings. The first-order valence-corrected chi connectivity index (χ1v) is 7.89. The molecule has 0 bridgehead atoms. The van der Waals surface area contributed by atoms with Crippen LogP contribution in [0.15, 0.2) is 30.3 Å². The van der Waals surface area contributed by atoms with Gasteiger partial charge in [-0.25, -0.2) is 0 Å². The predicted octanol–water partition coefficient (Wildman–Crippen LogP) is 2.33. The molecule has 1 aromatic carbocycles. The molecule has 2 unspecified atom stereocenters. The van der Waals surface area contributed by atoms with Crippen LogP contribution in [-0.2, 0) is 25.6 Å². The minimum atomic E-state index is -0.792. The van der Waals surface area contributed by atoms with Crippen LogP contribution in [0.3, 0.4) is 0 Å². The summed E-state index contributed by atoms with van der Waals surface area (Å²) in [5, 5.41) is 9.92. The lowest BCUT2D eigenvalue weighted by molar-refractivity contribution is -0.204. The lowest BCUT2D eigenvalue weighted by Gasteiger charge is -2.28. The first kappa shape index (κ1) is 17.4. The van der Waals surface area contributed by atoms with E-state index in [0.29, 0.717) is 26.4 Å². The highest BCUT2D eigenvalue weighted by Gasteiger charge is 2.35. The van der Waals surface area contributed by atoms with Gasteiger partial charge in [-0.05, 0) is 25.8 Å². The van der Waals surface area contributed by atoms with Crippen molar-refractivity contribution in [3.05, 3.63) is 35.9 Å². The van der Waals surface area contributed by atoms with Gasteiger partial charge in [0.05, 0.1) is 25.9 Å². The number of hydrogen-bond acceptors (Lipinski definition) is 5. The second kappa shape index (κ2) is 9.22. The smallest absolute Gasteiger partial charge is 0.159 e. The van der Waals surface area contributed by atoms with Crippen molar-refractivity contribution in [3.8, 4) is 0 Å². The van der Waals surface area contributed by atoms with Gasteiger partial charge < -0.3 is 24.1 Å². The van der Waals surface area contributed by atoms with Crippen LogP contribution in [0.1, 0.15) is 25.8 Å². The van der Waals surface area contributed by atoms with E-state index in [0.717, 1.165) is 12.0 Å². The third kappa shape index (κ3) is 5.34. The number of hydrogen-bond donors (Lipinski definition) is 1. The molecule has 4 atom stereocenters. The Bertz CT molecular complexity index is 411. The summed E-state index contributed by atoms with van der Waals surface area (Å²) in [6, 6.07) is 9.99. The zero-order valence-electron chi connectivity index (χ0n) is 13.3. The van der Waals surface area contributed by atoms with Crippen molar-refractivity contribution < 1.29 is 24.1 Å². The summed E-state index contributed by atoms with van der Waals surface area (Å²) in [4.78, 5) is 0. The number of aliphatic hydroxyl groups is 1. The first-order chi connectivity index (χ1) is 10.7. The molecule has 0 spiro atoms. The first-order valence-electron chi connectivity index (χ1n) is 7.89. The number of rotatable bonds is 9. The van der Waals surface area contributed by atoms with Gasteiger partial charge in [0.2, 0.25) is 0 Å². The Morgan fingerprint density at radius 2 is 2.09 bits per heavy atom. The summed E-state index contributed by atoms with van der Waals surface area (Å²) in [7, 11) is 0. The maximum absolute atomic E-state index is 9.92. The normalized spacial score (nSPS) is 24.3. The van der Waals surface area contributed by atoms with Crippen LogP contribution in [0.2, 0.25) is 0 Å². The van der Waals surface area contributed by atoms with Crippen LogP contribution in [-0.4, -0.2) is 43.6 Å². The molecular weight excluding hydrogens is 284 g/mol. The van der Waals surface area contributed by atoms with Crippen LogP contribution >= 0.6 is 0 Å². The van der Waals surface area contributed by atoms with Gasteiger partial charge in [-0.2, -0.15) is 0 Å². The van der Waals surface area contributed by atoms with Crippen molar-refractivity contribution in [1.82, 2.24) is 0 Å². The summed E-state index contributed by atoms with van der Waals surface area (Å²) in [5.74, 6) is -0.0846. The fraction of sp³-hybridized carbons (Fsp3) is 0.647. The molecular formula is C17H26O5. The van der Waals surface area contributed by atoms with Crippen LogP contribution in [0.4, 0.5) is 0 Å². The monoisotopic (exact) mass is 310 g/mol. The molecule has 1 heterocycles. The largest absolute Gasteiger partial charge is 0.374 e. The van der Waals surface area contributed by atoms with Gasteiger partial charge in [-0.15, -0.1) is 0 Å². The summed E-state index contributed by atoms with van der Waals surface area (Å²) >= 11 is 0. The zero-order valence-corrected chi connectivity index (χ0v) is 13.3. The van der Waals surface area contributed by atoms with E-state index in [1.807, 2.05) is 44.2 Å².